The summed E-state index contributed by atoms with van der Waals surface area (Å²) < 4.78 is 4.88. The van der Waals surface area contributed by atoms with Crippen LogP contribution in [0.1, 0.15) is 52.6 Å². The average Bonchev–Trinajstić information content (AvgIpc) is 2.36. The van der Waals surface area contributed by atoms with Crippen molar-refractivity contribution >= 4 is 5.97 Å². The molecule has 3 heteroatoms. The molecule has 0 aliphatic carbocycles. The number of rotatable bonds is 5. The maximum atomic E-state index is 11.9. The summed E-state index contributed by atoms with van der Waals surface area (Å²) in [5.41, 5.74) is 0.652. The zero-order valence-corrected chi connectivity index (χ0v) is 13.5. The molecule has 1 N–H and O–H groups in total. The van der Waals surface area contributed by atoms with Gasteiger partial charge >= 0.3 is 5.97 Å². The highest BCUT2D eigenvalue weighted by Gasteiger charge is 2.33. The van der Waals surface area contributed by atoms with Gasteiger partial charge in [-0.05, 0) is 31.2 Å². The SMILES string of the molecule is COC(=O)C(C)(C)NC(CC(C)(C)C)c1ccccc1. The fourth-order valence-electron chi connectivity index (χ4n) is 2.30. The number of hydrogen-bond acceptors (Lipinski definition) is 3. The highest BCUT2D eigenvalue weighted by Crippen LogP contribution is 2.31. The first-order valence-electron chi connectivity index (χ1n) is 7.07. The number of carbonyl (C=O) groups excluding carboxylic acids is 1. The first kappa shape index (κ1) is 16.7. The maximum absolute atomic E-state index is 11.9. The number of esters is 1. The molecule has 0 radical (unpaired) electrons. The lowest BCUT2D eigenvalue weighted by Gasteiger charge is -2.33. The Hall–Kier alpha value is -1.35. The Balaban J connectivity index is 2.98. The minimum atomic E-state index is -0.708. The molecule has 0 bridgehead atoms. The van der Waals surface area contributed by atoms with Gasteiger partial charge in [0, 0.05) is 6.04 Å². The van der Waals surface area contributed by atoms with E-state index in [2.05, 4.69) is 38.2 Å². The first-order valence-corrected chi connectivity index (χ1v) is 7.07. The number of methoxy groups -OCH3 is 1. The molecule has 0 aliphatic heterocycles. The third-order valence-electron chi connectivity index (χ3n) is 3.25. The topological polar surface area (TPSA) is 38.3 Å². The molecule has 0 fully saturated rings. The van der Waals surface area contributed by atoms with Crippen molar-refractivity contribution in [2.75, 3.05) is 7.11 Å². The quantitative estimate of drug-likeness (QED) is 0.834. The van der Waals surface area contributed by atoms with Crippen LogP contribution in [0.2, 0.25) is 0 Å². The summed E-state index contributed by atoms with van der Waals surface area (Å²) in [7, 11) is 1.42. The average molecular weight is 277 g/mol. The molecule has 0 saturated heterocycles. The molecule has 1 rings (SSSR count). The first-order chi connectivity index (χ1) is 9.15. The van der Waals surface area contributed by atoms with Crippen molar-refractivity contribution in [1.29, 1.82) is 0 Å². The van der Waals surface area contributed by atoms with Gasteiger partial charge in [0.1, 0.15) is 5.54 Å². The third-order valence-corrected chi connectivity index (χ3v) is 3.25. The molecule has 20 heavy (non-hydrogen) atoms. The Kier molecular flexibility index (Phi) is 5.35. The minimum Gasteiger partial charge on any atom is -0.468 e. The Morgan fingerprint density at radius 1 is 1.15 bits per heavy atom. The summed E-state index contributed by atoms with van der Waals surface area (Å²) >= 11 is 0. The van der Waals surface area contributed by atoms with Gasteiger partial charge in [0.2, 0.25) is 0 Å². The van der Waals surface area contributed by atoms with Crippen LogP contribution in [-0.4, -0.2) is 18.6 Å². The number of nitrogens with one attached hydrogen (secondary N) is 1. The van der Waals surface area contributed by atoms with Gasteiger partial charge in [0.25, 0.3) is 0 Å². The summed E-state index contributed by atoms with van der Waals surface area (Å²) in [6.07, 6.45) is 0.942. The highest BCUT2D eigenvalue weighted by molar-refractivity contribution is 5.79. The van der Waals surface area contributed by atoms with Gasteiger partial charge in [-0.2, -0.15) is 0 Å². The monoisotopic (exact) mass is 277 g/mol. The maximum Gasteiger partial charge on any atom is 0.325 e. The second-order valence-electron chi connectivity index (χ2n) is 6.99. The van der Waals surface area contributed by atoms with Gasteiger partial charge < -0.3 is 4.74 Å². The van der Waals surface area contributed by atoms with Crippen molar-refractivity contribution < 1.29 is 9.53 Å². The van der Waals surface area contributed by atoms with Crippen LogP contribution in [0.15, 0.2) is 30.3 Å². The zero-order valence-electron chi connectivity index (χ0n) is 13.5. The normalized spacial score (nSPS) is 13.9. The lowest BCUT2D eigenvalue weighted by Crippen LogP contribution is -2.49. The second kappa shape index (κ2) is 6.40. The van der Waals surface area contributed by atoms with Crippen LogP contribution in [0.25, 0.3) is 0 Å². The Labute approximate surface area is 122 Å². The number of hydrogen-bond donors (Lipinski definition) is 1. The van der Waals surface area contributed by atoms with E-state index in [0.29, 0.717) is 0 Å². The molecule has 1 unspecified atom stereocenters. The lowest BCUT2D eigenvalue weighted by molar-refractivity contribution is -0.147. The number of benzene rings is 1. The highest BCUT2D eigenvalue weighted by atomic mass is 16.5. The van der Waals surface area contributed by atoms with Gasteiger partial charge in [0.15, 0.2) is 0 Å². The standard InChI is InChI=1S/C17H27NO2/c1-16(2,3)12-14(13-10-8-7-9-11-13)18-17(4,5)15(19)20-6/h7-11,14,18H,12H2,1-6H3. The summed E-state index contributed by atoms with van der Waals surface area (Å²) in [5.74, 6) is -0.243. The van der Waals surface area contributed by atoms with Crippen LogP contribution in [0.3, 0.4) is 0 Å². The fourth-order valence-corrected chi connectivity index (χ4v) is 2.30. The van der Waals surface area contributed by atoms with Crippen LogP contribution >= 0.6 is 0 Å². The van der Waals surface area contributed by atoms with E-state index < -0.39 is 5.54 Å². The molecule has 1 aromatic carbocycles. The van der Waals surface area contributed by atoms with E-state index in [1.807, 2.05) is 32.0 Å². The van der Waals surface area contributed by atoms with E-state index in [1.165, 1.54) is 12.7 Å². The zero-order chi connectivity index (χ0) is 15.4. The summed E-state index contributed by atoms with van der Waals surface area (Å²) in [5, 5.41) is 3.44. The summed E-state index contributed by atoms with van der Waals surface area (Å²) in [6.45, 7) is 10.3. The van der Waals surface area contributed by atoms with Gasteiger partial charge in [-0.15, -0.1) is 0 Å². The molecule has 0 aliphatic rings. The van der Waals surface area contributed by atoms with Crippen LogP contribution in [0.5, 0.6) is 0 Å². The molecule has 0 heterocycles. The molecule has 0 saturated carbocycles. The van der Waals surface area contributed by atoms with Crippen molar-refractivity contribution in [2.45, 2.75) is 52.6 Å². The van der Waals surface area contributed by atoms with Crippen LogP contribution in [-0.2, 0) is 9.53 Å². The summed E-state index contributed by atoms with van der Waals surface area (Å²) in [6, 6.07) is 10.4. The van der Waals surface area contributed by atoms with E-state index in [4.69, 9.17) is 4.74 Å². The van der Waals surface area contributed by atoms with E-state index in [0.717, 1.165) is 6.42 Å². The Morgan fingerprint density at radius 3 is 2.15 bits per heavy atom. The molecule has 112 valence electrons. The van der Waals surface area contributed by atoms with E-state index in [-0.39, 0.29) is 17.4 Å². The van der Waals surface area contributed by atoms with Gasteiger partial charge in [0.05, 0.1) is 7.11 Å². The van der Waals surface area contributed by atoms with E-state index >= 15 is 0 Å². The molecule has 1 aromatic rings. The Morgan fingerprint density at radius 2 is 1.70 bits per heavy atom. The van der Waals surface area contributed by atoms with Crippen molar-refractivity contribution in [3.63, 3.8) is 0 Å². The molecule has 3 nitrogen and oxygen atoms in total. The number of carbonyl (C=O) groups is 1. The molecular formula is C17H27NO2. The van der Waals surface area contributed by atoms with Crippen LogP contribution in [0, 0.1) is 5.41 Å². The van der Waals surface area contributed by atoms with Crippen molar-refractivity contribution in [2.24, 2.45) is 5.41 Å². The lowest BCUT2D eigenvalue weighted by atomic mass is 9.84. The van der Waals surface area contributed by atoms with Crippen LogP contribution in [0.4, 0.5) is 0 Å². The smallest absolute Gasteiger partial charge is 0.325 e. The largest absolute Gasteiger partial charge is 0.468 e. The van der Waals surface area contributed by atoms with Gasteiger partial charge in [-0.1, -0.05) is 51.1 Å². The van der Waals surface area contributed by atoms with Crippen LogP contribution < -0.4 is 5.32 Å². The van der Waals surface area contributed by atoms with Crippen molar-refractivity contribution in [3.05, 3.63) is 35.9 Å². The summed E-state index contributed by atoms with van der Waals surface area (Å²) in [4.78, 5) is 11.9. The third kappa shape index (κ3) is 4.97. The number of ether oxygens (including phenoxy) is 1. The van der Waals surface area contributed by atoms with Gasteiger partial charge in [-0.3, -0.25) is 10.1 Å². The molecule has 0 aromatic heterocycles. The minimum absolute atomic E-state index is 0.116. The fraction of sp³-hybridized carbons (Fsp3) is 0.588. The molecule has 1 atom stereocenters. The molecule has 0 amide bonds. The van der Waals surface area contributed by atoms with Crippen molar-refractivity contribution in [1.82, 2.24) is 5.32 Å². The van der Waals surface area contributed by atoms with Gasteiger partial charge in [-0.25, -0.2) is 0 Å². The van der Waals surface area contributed by atoms with Crippen molar-refractivity contribution in [3.8, 4) is 0 Å². The predicted molar refractivity (Wildman–Crippen MR) is 82.5 cm³/mol. The Bertz CT molecular complexity index is 432. The molecule has 0 spiro atoms. The predicted octanol–water partition coefficient (Wildman–Crippen LogP) is 3.71. The van der Waals surface area contributed by atoms with E-state index in [9.17, 15) is 4.79 Å². The molecular weight excluding hydrogens is 250 g/mol. The van der Waals surface area contributed by atoms with E-state index in [1.54, 1.807) is 0 Å². The second-order valence-corrected chi connectivity index (χ2v) is 6.99.